The SMILES string of the molecule is COc1ccc(N)c(OCC2CCOCC2)n1. The maximum absolute atomic E-state index is 5.79. The second kappa shape index (κ2) is 5.72. The van der Waals surface area contributed by atoms with Crippen molar-refractivity contribution < 1.29 is 14.2 Å². The number of hydrogen-bond donors (Lipinski definition) is 1. The third kappa shape index (κ3) is 3.23. The highest BCUT2D eigenvalue weighted by molar-refractivity contribution is 5.49. The molecule has 0 bridgehead atoms. The Balaban J connectivity index is 1.92. The molecule has 5 nitrogen and oxygen atoms in total. The van der Waals surface area contributed by atoms with Crippen LogP contribution >= 0.6 is 0 Å². The molecule has 0 aromatic carbocycles. The van der Waals surface area contributed by atoms with Crippen LogP contribution in [-0.2, 0) is 4.74 Å². The van der Waals surface area contributed by atoms with E-state index in [1.807, 2.05) is 0 Å². The molecule has 0 spiro atoms. The van der Waals surface area contributed by atoms with E-state index in [9.17, 15) is 0 Å². The van der Waals surface area contributed by atoms with E-state index in [0.29, 0.717) is 30.0 Å². The summed E-state index contributed by atoms with van der Waals surface area (Å²) in [6, 6.07) is 3.46. The summed E-state index contributed by atoms with van der Waals surface area (Å²) in [6.45, 7) is 2.26. The maximum atomic E-state index is 5.79. The first-order valence-electron chi connectivity index (χ1n) is 5.80. The van der Waals surface area contributed by atoms with Crippen molar-refractivity contribution in [3.05, 3.63) is 12.1 Å². The lowest BCUT2D eigenvalue weighted by Gasteiger charge is -2.22. The first kappa shape index (κ1) is 12.0. The standard InChI is InChI=1S/C12H18N2O3/c1-15-11-3-2-10(13)12(14-11)17-8-9-4-6-16-7-5-9/h2-3,9H,4-8,13H2,1H3. The van der Waals surface area contributed by atoms with Gasteiger partial charge in [-0.15, -0.1) is 0 Å². The number of hydrogen-bond acceptors (Lipinski definition) is 5. The van der Waals surface area contributed by atoms with Crippen LogP contribution in [0.3, 0.4) is 0 Å². The number of nitrogens with zero attached hydrogens (tertiary/aromatic N) is 1. The number of nitrogens with two attached hydrogens (primary N) is 1. The summed E-state index contributed by atoms with van der Waals surface area (Å²) in [5.41, 5.74) is 6.33. The minimum atomic E-state index is 0.454. The quantitative estimate of drug-likeness (QED) is 0.860. The molecule has 5 heteroatoms. The summed E-state index contributed by atoms with van der Waals surface area (Å²) in [5.74, 6) is 1.49. The molecule has 2 N–H and O–H groups in total. The largest absolute Gasteiger partial charge is 0.481 e. The van der Waals surface area contributed by atoms with Gasteiger partial charge in [0, 0.05) is 19.3 Å². The van der Waals surface area contributed by atoms with Crippen LogP contribution < -0.4 is 15.2 Å². The lowest BCUT2D eigenvalue weighted by atomic mass is 10.0. The molecular weight excluding hydrogens is 220 g/mol. The highest BCUT2D eigenvalue weighted by Gasteiger charge is 2.15. The Bertz CT molecular complexity index is 365. The Kier molecular flexibility index (Phi) is 4.03. The summed E-state index contributed by atoms with van der Waals surface area (Å²) in [6.07, 6.45) is 2.06. The first-order valence-corrected chi connectivity index (χ1v) is 5.80. The Labute approximate surface area is 101 Å². The highest BCUT2D eigenvalue weighted by Crippen LogP contribution is 2.23. The third-order valence-corrected chi connectivity index (χ3v) is 2.87. The second-order valence-electron chi connectivity index (χ2n) is 4.11. The van der Waals surface area contributed by atoms with Gasteiger partial charge in [-0.3, -0.25) is 0 Å². The molecule has 0 saturated carbocycles. The van der Waals surface area contributed by atoms with E-state index in [2.05, 4.69) is 4.98 Å². The van der Waals surface area contributed by atoms with E-state index in [1.165, 1.54) is 0 Å². The summed E-state index contributed by atoms with van der Waals surface area (Å²) < 4.78 is 16.0. The summed E-state index contributed by atoms with van der Waals surface area (Å²) in [4.78, 5) is 4.17. The molecule has 0 aliphatic carbocycles. The Hall–Kier alpha value is -1.49. The Morgan fingerprint density at radius 3 is 2.88 bits per heavy atom. The monoisotopic (exact) mass is 238 g/mol. The van der Waals surface area contributed by atoms with Crippen molar-refractivity contribution in [3.8, 4) is 11.8 Å². The maximum Gasteiger partial charge on any atom is 0.240 e. The molecule has 0 atom stereocenters. The molecule has 94 valence electrons. The van der Waals surface area contributed by atoms with Crippen molar-refractivity contribution in [2.45, 2.75) is 12.8 Å². The van der Waals surface area contributed by atoms with Gasteiger partial charge in [0.05, 0.1) is 19.4 Å². The van der Waals surface area contributed by atoms with Crippen molar-refractivity contribution in [3.63, 3.8) is 0 Å². The number of nitrogen functional groups attached to an aromatic ring is 1. The molecule has 0 unspecified atom stereocenters. The number of ether oxygens (including phenoxy) is 3. The van der Waals surface area contributed by atoms with Crippen LogP contribution in [0.5, 0.6) is 11.8 Å². The molecule has 0 radical (unpaired) electrons. The smallest absolute Gasteiger partial charge is 0.240 e. The normalized spacial score (nSPS) is 16.8. The van der Waals surface area contributed by atoms with Gasteiger partial charge in [-0.05, 0) is 24.8 Å². The van der Waals surface area contributed by atoms with Crippen LogP contribution in [0.4, 0.5) is 5.69 Å². The van der Waals surface area contributed by atoms with Gasteiger partial charge in [-0.25, -0.2) is 0 Å². The molecule has 0 amide bonds. The summed E-state index contributed by atoms with van der Waals surface area (Å²) in [7, 11) is 1.57. The number of rotatable bonds is 4. The molecule has 1 fully saturated rings. The minimum absolute atomic E-state index is 0.454. The minimum Gasteiger partial charge on any atom is -0.481 e. The number of methoxy groups -OCH3 is 1. The molecule has 1 aliphatic rings. The molecular formula is C12H18N2O3. The van der Waals surface area contributed by atoms with Gasteiger partial charge in [-0.1, -0.05) is 0 Å². The van der Waals surface area contributed by atoms with Gasteiger partial charge in [0.15, 0.2) is 0 Å². The van der Waals surface area contributed by atoms with Crippen LogP contribution in [0.2, 0.25) is 0 Å². The molecule has 1 aliphatic heterocycles. The van der Waals surface area contributed by atoms with Crippen molar-refractivity contribution >= 4 is 5.69 Å². The van der Waals surface area contributed by atoms with Crippen LogP contribution in [0.15, 0.2) is 12.1 Å². The Morgan fingerprint density at radius 2 is 2.18 bits per heavy atom. The summed E-state index contributed by atoms with van der Waals surface area (Å²) >= 11 is 0. The summed E-state index contributed by atoms with van der Waals surface area (Å²) in [5, 5.41) is 0. The zero-order valence-corrected chi connectivity index (χ0v) is 10.0. The fraction of sp³-hybridized carbons (Fsp3) is 0.583. The Morgan fingerprint density at radius 1 is 1.41 bits per heavy atom. The zero-order valence-electron chi connectivity index (χ0n) is 10.0. The van der Waals surface area contributed by atoms with Crippen LogP contribution in [0, 0.1) is 5.92 Å². The van der Waals surface area contributed by atoms with E-state index >= 15 is 0 Å². The van der Waals surface area contributed by atoms with Crippen molar-refractivity contribution in [1.82, 2.24) is 4.98 Å². The average molecular weight is 238 g/mol. The van der Waals surface area contributed by atoms with Crippen molar-refractivity contribution in [1.29, 1.82) is 0 Å². The molecule has 1 aromatic heterocycles. The predicted molar refractivity (Wildman–Crippen MR) is 64.2 cm³/mol. The number of aromatic nitrogens is 1. The third-order valence-electron chi connectivity index (χ3n) is 2.87. The van der Waals surface area contributed by atoms with Gasteiger partial charge in [0.1, 0.15) is 0 Å². The van der Waals surface area contributed by atoms with Crippen LogP contribution in [-0.4, -0.2) is 31.9 Å². The molecule has 2 heterocycles. The van der Waals surface area contributed by atoms with Crippen molar-refractivity contribution in [2.24, 2.45) is 5.92 Å². The molecule has 17 heavy (non-hydrogen) atoms. The first-order chi connectivity index (χ1) is 8.29. The zero-order chi connectivity index (χ0) is 12.1. The van der Waals surface area contributed by atoms with Crippen molar-refractivity contribution in [2.75, 3.05) is 32.7 Å². The van der Waals surface area contributed by atoms with E-state index in [4.69, 9.17) is 19.9 Å². The predicted octanol–water partition coefficient (Wildman–Crippen LogP) is 1.48. The lowest BCUT2D eigenvalue weighted by molar-refractivity contribution is 0.0491. The molecule has 1 aromatic rings. The second-order valence-corrected chi connectivity index (χ2v) is 4.11. The van der Waals surface area contributed by atoms with Crippen LogP contribution in [0.1, 0.15) is 12.8 Å². The van der Waals surface area contributed by atoms with Gasteiger partial charge >= 0.3 is 0 Å². The number of pyridine rings is 1. The lowest BCUT2D eigenvalue weighted by Crippen LogP contribution is -2.22. The van der Waals surface area contributed by atoms with Crippen LogP contribution in [0.25, 0.3) is 0 Å². The van der Waals surface area contributed by atoms with E-state index in [1.54, 1.807) is 19.2 Å². The van der Waals surface area contributed by atoms with Gasteiger partial charge in [0.2, 0.25) is 11.8 Å². The fourth-order valence-electron chi connectivity index (χ4n) is 1.77. The number of anilines is 1. The van der Waals surface area contributed by atoms with Gasteiger partial charge in [-0.2, -0.15) is 4.98 Å². The molecule has 2 rings (SSSR count). The fourth-order valence-corrected chi connectivity index (χ4v) is 1.77. The van der Waals surface area contributed by atoms with E-state index < -0.39 is 0 Å². The topological polar surface area (TPSA) is 66.6 Å². The van der Waals surface area contributed by atoms with E-state index in [0.717, 1.165) is 26.1 Å². The van der Waals surface area contributed by atoms with Gasteiger partial charge in [0.25, 0.3) is 0 Å². The molecule has 1 saturated heterocycles. The average Bonchev–Trinajstić information content (AvgIpc) is 2.39. The van der Waals surface area contributed by atoms with E-state index in [-0.39, 0.29) is 0 Å². The highest BCUT2D eigenvalue weighted by atomic mass is 16.5. The van der Waals surface area contributed by atoms with Gasteiger partial charge < -0.3 is 19.9 Å².